The van der Waals surface area contributed by atoms with Crippen molar-refractivity contribution in [3.63, 3.8) is 0 Å². The van der Waals surface area contributed by atoms with Crippen molar-refractivity contribution in [3.05, 3.63) is 82.9 Å². The van der Waals surface area contributed by atoms with Gasteiger partial charge in [-0.3, -0.25) is 9.59 Å². The summed E-state index contributed by atoms with van der Waals surface area (Å²) < 4.78 is 12.1. The van der Waals surface area contributed by atoms with E-state index in [4.69, 9.17) is 14.6 Å². The number of hydrogen-bond donors (Lipinski definition) is 1. The lowest BCUT2D eigenvalue weighted by Gasteiger charge is -2.18. The Hall–Kier alpha value is -3.60. The SMILES string of the molecule is O=C(O)CCCCC1c2ccccc2-c2ccc(OCCCCOc3cccc4c3CCCC4=O)cc21. The molecule has 1 atom stereocenters. The summed E-state index contributed by atoms with van der Waals surface area (Å²) in [6.07, 6.45) is 6.93. The van der Waals surface area contributed by atoms with Crippen molar-refractivity contribution in [2.45, 2.75) is 63.7 Å². The second-order valence-electron chi connectivity index (χ2n) is 9.99. The van der Waals surface area contributed by atoms with Crippen LogP contribution in [0.1, 0.15) is 84.3 Å². The molecule has 0 saturated carbocycles. The summed E-state index contributed by atoms with van der Waals surface area (Å²) in [4.78, 5) is 23.0. The standard InChI is InChI=1S/C32H34O5/c33-30-14-7-13-28-27(30)12-8-15-31(28)37-20-6-5-19-36-22-17-18-26-24-10-2-1-9-23(24)25(29(26)21-22)11-3-4-16-32(34)35/h1-2,8-10,12,15,17-18,21,25H,3-7,11,13-14,16,19-20H2,(H,34,35). The Balaban J connectivity index is 1.14. The quantitative estimate of drug-likeness (QED) is 0.267. The molecule has 1 N–H and O–H groups in total. The Kier molecular flexibility index (Phi) is 7.88. The monoisotopic (exact) mass is 498 g/mol. The van der Waals surface area contributed by atoms with Crippen LogP contribution in [0.15, 0.2) is 60.7 Å². The zero-order valence-corrected chi connectivity index (χ0v) is 21.2. The third kappa shape index (κ3) is 5.71. The number of benzene rings is 3. The van der Waals surface area contributed by atoms with Gasteiger partial charge in [-0.1, -0.05) is 48.9 Å². The van der Waals surface area contributed by atoms with E-state index in [1.165, 1.54) is 22.3 Å². The molecule has 0 aliphatic heterocycles. The highest BCUT2D eigenvalue weighted by molar-refractivity contribution is 5.99. The zero-order valence-electron chi connectivity index (χ0n) is 21.2. The third-order valence-electron chi connectivity index (χ3n) is 7.49. The van der Waals surface area contributed by atoms with Gasteiger partial charge in [0.25, 0.3) is 0 Å². The molecule has 0 radical (unpaired) electrons. The lowest BCUT2D eigenvalue weighted by Crippen LogP contribution is -2.13. The van der Waals surface area contributed by atoms with Gasteiger partial charge in [-0.05, 0) is 79.0 Å². The van der Waals surface area contributed by atoms with E-state index in [9.17, 15) is 9.59 Å². The van der Waals surface area contributed by atoms with Crippen LogP contribution in [-0.2, 0) is 11.2 Å². The molecule has 192 valence electrons. The van der Waals surface area contributed by atoms with Crippen LogP contribution in [0.5, 0.6) is 11.5 Å². The molecule has 3 aromatic carbocycles. The van der Waals surface area contributed by atoms with Crippen molar-refractivity contribution in [3.8, 4) is 22.6 Å². The molecule has 5 nitrogen and oxygen atoms in total. The van der Waals surface area contributed by atoms with Gasteiger partial charge in [0, 0.05) is 29.9 Å². The molecule has 0 amide bonds. The molecular formula is C32H34O5. The summed E-state index contributed by atoms with van der Waals surface area (Å²) in [5.41, 5.74) is 7.02. The number of carbonyl (C=O) groups excluding carboxylic acids is 1. The highest BCUT2D eigenvalue weighted by Crippen LogP contribution is 2.48. The predicted molar refractivity (Wildman–Crippen MR) is 144 cm³/mol. The third-order valence-corrected chi connectivity index (χ3v) is 7.49. The van der Waals surface area contributed by atoms with Crippen LogP contribution in [0, 0.1) is 0 Å². The molecule has 0 fully saturated rings. The summed E-state index contributed by atoms with van der Waals surface area (Å²) in [7, 11) is 0. The van der Waals surface area contributed by atoms with E-state index in [-0.39, 0.29) is 18.1 Å². The first-order valence-electron chi connectivity index (χ1n) is 13.5. The van der Waals surface area contributed by atoms with Gasteiger partial charge in [0.2, 0.25) is 0 Å². The van der Waals surface area contributed by atoms with Crippen molar-refractivity contribution in [2.24, 2.45) is 0 Å². The van der Waals surface area contributed by atoms with Crippen LogP contribution in [0.4, 0.5) is 0 Å². The van der Waals surface area contributed by atoms with Gasteiger partial charge >= 0.3 is 5.97 Å². The maximum Gasteiger partial charge on any atom is 0.303 e. The molecule has 0 aromatic heterocycles. The smallest absolute Gasteiger partial charge is 0.303 e. The van der Waals surface area contributed by atoms with Crippen LogP contribution < -0.4 is 9.47 Å². The number of ether oxygens (including phenoxy) is 2. The Morgan fingerprint density at radius 1 is 0.811 bits per heavy atom. The predicted octanol–water partition coefficient (Wildman–Crippen LogP) is 7.20. The molecule has 2 aliphatic carbocycles. The van der Waals surface area contributed by atoms with Crippen LogP contribution in [0.2, 0.25) is 0 Å². The Bertz CT molecular complexity index is 1280. The van der Waals surface area contributed by atoms with Gasteiger partial charge in [0.1, 0.15) is 11.5 Å². The largest absolute Gasteiger partial charge is 0.494 e. The Morgan fingerprint density at radius 2 is 1.59 bits per heavy atom. The minimum Gasteiger partial charge on any atom is -0.494 e. The minimum atomic E-state index is -0.730. The summed E-state index contributed by atoms with van der Waals surface area (Å²) >= 11 is 0. The molecule has 3 aromatic rings. The van der Waals surface area contributed by atoms with Gasteiger partial charge in [-0.2, -0.15) is 0 Å². The number of aliphatic carboxylic acids is 1. The number of hydrogen-bond acceptors (Lipinski definition) is 4. The number of fused-ring (bicyclic) bond motifs is 4. The van der Waals surface area contributed by atoms with Crippen LogP contribution in [-0.4, -0.2) is 30.1 Å². The molecular weight excluding hydrogens is 464 g/mol. The molecule has 1 unspecified atom stereocenters. The van der Waals surface area contributed by atoms with E-state index < -0.39 is 5.97 Å². The van der Waals surface area contributed by atoms with Gasteiger partial charge in [0.15, 0.2) is 5.78 Å². The van der Waals surface area contributed by atoms with E-state index in [0.717, 1.165) is 61.2 Å². The van der Waals surface area contributed by atoms with Crippen molar-refractivity contribution in [1.29, 1.82) is 0 Å². The molecule has 0 heterocycles. The minimum absolute atomic E-state index is 0.221. The van der Waals surface area contributed by atoms with Crippen LogP contribution in [0.25, 0.3) is 11.1 Å². The highest BCUT2D eigenvalue weighted by atomic mass is 16.5. The van der Waals surface area contributed by atoms with Crippen molar-refractivity contribution in [2.75, 3.05) is 13.2 Å². The van der Waals surface area contributed by atoms with E-state index in [0.29, 0.717) is 26.1 Å². The molecule has 0 bridgehead atoms. The van der Waals surface area contributed by atoms with E-state index in [1.807, 2.05) is 24.3 Å². The second kappa shape index (κ2) is 11.6. The maximum atomic E-state index is 12.1. The van der Waals surface area contributed by atoms with E-state index >= 15 is 0 Å². The topological polar surface area (TPSA) is 72.8 Å². The first-order valence-corrected chi connectivity index (χ1v) is 13.5. The van der Waals surface area contributed by atoms with Crippen LogP contribution >= 0.6 is 0 Å². The van der Waals surface area contributed by atoms with E-state index in [1.54, 1.807) is 0 Å². The fourth-order valence-corrected chi connectivity index (χ4v) is 5.67. The average Bonchev–Trinajstić information content (AvgIpc) is 3.22. The van der Waals surface area contributed by atoms with E-state index in [2.05, 4.69) is 36.4 Å². The van der Waals surface area contributed by atoms with Gasteiger partial charge in [-0.15, -0.1) is 0 Å². The zero-order chi connectivity index (χ0) is 25.6. The molecule has 5 heteroatoms. The van der Waals surface area contributed by atoms with Crippen molar-refractivity contribution >= 4 is 11.8 Å². The van der Waals surface area contributed by atoms with Gasteiger partial charge < -0.3 is 14.6 Å². The maximum absolute atomic E-state index is 12.1. The fraction of sp³-hybridized carbons (Fsp3) is 0.375. The Labute approximate surface area is 218 Å². The number of carbonyl (C=O) groups is 2. The normalized spacial score (nSPS) is 15.6. The summed E-state index contributed by atoms with van der Waals surface area (Å²) in [6, 6.07) is 20.7. The summed E-state index contributed by atoms with van der Waals surface area (Å²) in [6.45, 7) is 1.22. The number of rotatable bonds is 12. The lowest BCUT2D eigenvalue weighted by atomic mass is 9.90. The number of carboxylic acids is 1. The molecule has 2 aliphatic rings. The molecule has 37 heavy (non-hydrogen) atoms. The van der Waals surface area contributed by atoms with Crippen molar-refractivity contribution < 1.29 is 24.2 Å². The number of ketones is 1. The first-order chi connectivity index (χ1) is 18.1. The van der Waals surface area contributed by atoms with Crippen LogP contribution in [0.3, 0.4) is 0 Å². The molecule has 0 spiro atoms. The second-order valence-corrected chi connectivity index (χ2v) is 9.99. The van der Waals surface area contributed by atoms with Gasteiger partial charge in [-0.25, -0.2) is 0 Å². The number of unbranched alkanes of at least 4 members (excludes halogenated alkanes) is 2. The number of Topliss-reactive ketones (excluding diaryl/α,β-unsaturated/α-hetero) is 1. The molecule has 5 rings (SSSR count). The van der Waals surface area contributed by atoms with Crippen molar-refractivity contribution in [1.82, 2.24) is 0 Å². The highest BCUT2D eigenvalue weighted by Gasteiger charge is 2.28. The number of carboxylic acid groups (broad SMARTS) is 1. The first kappa shape index (κ1) is 25.1. The summed E-state index contributed by atoms with van der Waals surface area (Å²) in [5.74, 6) is 1.49. The lowest BCUT2D eigenvalue weighted by molar-refractivity contribution is -0.137. The molecule has 0 saturated heterocycles. The average molecular weight is 499 g/mol. The summed E-state index contributed by atoms with van der Waals surface area (Å²) in [5, 5.41) is 8.97. The Morgan fingerprint density at radius 3 is 2.46 bits per heavy atom. The van der Waals surface area contributed by atoms with Gasteiger partial charge in [0.05, 0.1) is 13.2 Å². The fourth-order valence-electron chi connectivity index (χ4n) is 5.67.